The molecule has 17 N–H and O–H groups in total. The van der Waals surface area contributed by atoms with Crippen LogP contribution >= 0.6 is 21.6 Å². The number of likely N-dealkylation sites (tertiary alicyclic amines) is 1. The second-order valence-electron chi connectivity index (χ2n) is 19.3. The molecule has 28 heteroatoms. The van der Waals surface area contributed by atoms with Crippen molar-refractivity contribution in [2.45, 2.75) is 145 Å². The number of ether oxygens (including phenoxy) is 1. The number of rotatable bonds is 23. The minimum Gasteiger partial charge on any atom is -0.494 e. The number of guanidine groups is 1. The fourth-order valence-corrected chi connectivity index (χ4v) is 12.2. The minimum atomic E-state index is -1.78. The Morgan fingerprint density at radius 2 is 1.35 bits per heavy atom. The van der Waals surface area contributed by atoms with Crippen molar-refractivity contribution in [2.24, 2.45) is 33.7 Å². The summed E-state index contributed by atoms with van der Waals surface area (Å²) in [5.41, 5.74) is 28.5. The van der Waals surface area contributed by atoms with Gasteiger partial charge in [-0.15, -0.1) is 0 Å². The van der Waals surface area contributed by atoms with Gasteiger partial charge in [0.15, 0.2) is 5.96 Å². The second kappa shape index (κ2) is 32.5. The van der Waals surface area contributed by atoms with Crippen LogP contribution in [0.4, 0.5) is 0 Å². The van der Waals surface area contributed by atoms with Gasteiger partial charge in [0, 0.05) is 49.3 Å². The molecular weight excluding hydrogens is 1080 g/mol. The third-order valence-corrected chi connectivity index (χ3v) is 16.8. The SMILES string of the molecule is CCOc1ccc(C[C@@H]2NC(=O)CC(CC)(CC)SSC[C@@H](C(=O)N3CCC[C@H]3C(=O)N[C@@H](CCCN=C(N)N)C(=O)NCC(N)=O)NC(=O)[C@H](CC(N)=O)NC(=O)[C@H](CCC(N)=O)NC(=O)[C@H](Cc3ccccc3)NC2=O)cc1. The monoisotopic (exact) mass is 1150 g/mol. The molecule has 0 unspecified atom stereocenters. The van der Waals surface area contributed by atoms with Crippen molar-refractivity contribution in [3.05, 3.63) is 65.7 Å². The number of aliphatic imine (C=N–C) groups is 1. The summed E-state index contributed by atoms with van der Waals surface area (Å²) in [6.45, 7) is 5.59. The molecule has 0 aromatic heterocycles. The summed E-state index contributed by atoms with van der Waals surface area (Å²) in [4.78, 5) is 156. The van der Waals surface area contributed by atoms with E-state index in [0.717, 1.165) is 10.8 Å². The first-order valence-electron chi connectivity index (χ1n) is 26.4. The van der Waals surface area contributed by atoms with E-state index >= 15 is 0 Å². The maximum absolute atomic E-state index is 14.9. The largest absolute Gasteiger partial charge is 0.494 e. The average molecular weight is 1150 g/mol. The zero-order valence-electron chi connectivity index (χ0n) is 45.3. The summed E-state index contributed by atoms with van der Waals surface area (Å²) in [5, 5.41) is 18.4. The standard InChI is InChI=1S/C52H76N14O12S2/c1-4-52(5-2)27-43(70)60-35(25-31-16-18-32(19-17-31)78-6-3)46(73)63-36(24-30-12-8-7-9-13-30)47(74)61-34(20-21-40(53)67)45(72)64-37(26-41(54)68)48(75)65-38(29-79-80-52)50(77)66-23-11-15-39(66)49(76)62-33(14-10-22-58-51(56)57)44(71)59-28-42(55)69/h7-9,12-13,16-19,33-39H,4-6,10-11,14-15,20-29H2,1-3H3,(H2,53,67)(H2,54,68)(H2,55,69)(H,59,71)(H,60,70)(H,61,74)(H,62,76)(H,63,73)(H,64,72)(H,65,75)(H4,56,57,58)/t33-,34-,35-,36-,37-,38-,39-/m0/s1. The van der Waals surface area contributed by atoms with Crippen LogP contribution in [0.25, 0.3) is 0 Å². The van der Waals surface area contributed by atoms with Crippen molar-refractivity contribution in [2.75, 3.05) is 32.0 Å². The van der Waals surface area contributed by atoms with Crippen molar-refractivity contribution < 1.29 is 57.5 Å². The summed E-state index contributed by atoms with van der Waals surface area (Å²) < 4.78 is 4.77. The van der Waals surface area contributed by atoms with Gasteiger partial charge in [-0.25, -0.2) is 0 Å². The van der Waals surface area contributed by atoms with E-state index in [1.807, 2.05) is 20.8 Å². The number of carbonyl (C=O) groups is 11. The number of hydrogen-bond acceptors (Lipinski definition) is 15. The Bertz CT molecular complexity index is 2530. The maximum atomic E-state index is 14.9. The molecule has 11 amide bonds. The highest BCUT2D eigenvalue weighted by Gasteiger charge is 2.41. The van der Waals surface area contributed by atoms with Gasteiger partial charge in [0.05, 0.1) is 19.6 Å². The predicted octanol–water partition coefficient (Wildman–Crippen LogP) is -2.09. The number of primary amides is 3. The molecule has 80 heavy (non-hydrogen) atoms. The Hall–Kier alpha value is -7.62. The van der Waals surface area contributed by atoms with Gasteiger partial charge in [-0.2, -0.15) is 0 Å². The summed E-state index contributed by atoms with van der Waals surface area (Å²) in [6, 6.07) is 5.65. The van der Waals surface area contributed by atoms with Gasteiger partial charge in [-0.1, -0.05) is 77.9 Å². The van der Waals surface area contributed by atoms with Crippen LogP contribution in [0, 0.1) is 0 Å². The molecule has 2 fully saturated rings. The number of carbonyl (C=O) groups excluding carboxylic acids is 11. The molecule has 26 nitrogen and oxygen atoms in total. The summed E-state index contributed by atoms with van der Waals surface area (Å²) in [5.74, 6) is -9.06. The zero-order valence-corrected chi connectivity index (χ0v) is 46.9. The quantitative estimate of drug-likeness (QED) is 0.0246. The van der Waals surface area contributed by atoms with Gasteiger partial charge in [0.2, 0.25) is 65.0 Å². The molecule has 7 atom stereocenters. The fourth-order valence-electron chi connectivity index (χ4n) is 8.88. The third-order valence-electron chi connectivity index (χ3n) is 13.3. The van der Waals surface area contributed by atoms with E-state index in [0.29, 0.717) is 42.7 Å². The van der Waals surface area contributed by atoms with Crippen LogP contribution in [0.3, 0.4) is 0 Å². The third kappa shape index (κ3) is 21.2. The fraction of sp³-hybridized carbons (Fsp3) is 0.538. The van der Waals surface area contributed by atoms with Crippen molar-refractivity contribution in [1.82, 2.24) is 42.1 Å². The number of nitrogens with one attached hydrogen (secondary N) is 7. The first kappa shape index (κ1) is 64.9. The molecule has 4 rings (SSSR count). The van der Waals surface area contributed by atoms with Crippen molar-refractivity contribution in [1.29, 1.82) is 0 Å². The molecule has 0 spiro atoms. The molecule has 0 saturated carbocycles. The Labute approximate surface area is 472 Å². The molecule has 438 valence electrons. The van der Waals surface area contributed by atoms with E-state index in [9.17, 15) is 52.7 Å². The van der Waals surface area contributed by atoms with Crippen LogP contribution in [-0.4, -0.2) is 155 Å². The first-order valence-corrected chi connectivity index (χ1v) is 28.7. The molecule has 2 aromatic carbocycles. The average Bonchev–Trinajstić information content (AvgIpc) is 3.92. The lowest BCUT2D eigenvalue weighted by atomic mass is 9.96. The van der Waals surface area contributed by atoms with Gasteiger partial charge in [0.25, 0.3) is 0 Å². The van der Waals surface area contributed by atoms with Crippen molar-refractivity contribution in [3.63, 3.8) is 0 Å². The number of amides is 11. The highest BCUT2D eigenvalue weighted by atomic mass is 33.1. The minimum absolute atomic E-state index is 0.0138. The normalized spacial score (nSPS) is 21.6. The number of hydrogen-bond donors (Lipinski definition) is 12. The van der Waals surface area contributed by atoms with Crippen LogP contribution in [-0.2, 0) is 65.6 Å². The van der Waals surface area contributed by atoms with E-state index in [1.54, 1.807) is 54.6 Å². The zero-order chi connectivity index (χ0) is 58.9. The Morgan fingerprint density at radius 3 is 1.95 bits per heavy atom. The lowest BCUT2D eigenvalue weighted by molar-refractivity contribution is -0.142. The molecule has 2 aliphatic rings. The smallest absolute Gasteiger partial charge is 0.246 e. The summed E-state index contributed by atoms with van der Waals surface area (Å²) in [6.07, 6.45) is -0.413. The predicted molar refractivity (Wildman–Crippen MR) is 300 cm³/mol. The van der Waals surface area contributed by atoms with E-state index in [4.69, 9.17) is 33.4 Å². The lowest BCUT2D eigenvalue weighted by Gasteiger charge is -2.33. The Balaban J connectivity index is 1.78. The van der Waals surface area contributed by atoms with E-state index in [2.05, 4.69) is 42.2 Å². The van der Waals surface area contributed by atoms with Crippen molar-refractivity contribution >= 4 is 92.5 Å². The highest BCUT2D eigenvalue weighted by molar-refractivity contribution is 8.77. The Morgan fingerprint density at radius 1 is 0.750 bits per heavy atom. The lowest BCUT2D eigenvalue weighted by Crippen LogP contribution is -2.61. The van der Waals surface area contributed by atoms with Gasteiger partial charge < -0.3 is 75.5 Å². The molecule has 2 saturated heterocycles. The van der Waals surface area contributed by atoms with Crippen molar-refractivity contribution in [3.8, 4) is 5.75 Å². The molecule has 2 aliphatic heterocycles. The van der Waals surface area contributed by atoms with E-state index in [1.165, 1.54) is 15.7 Å². The van der Waals surface area contributed by atoms with Gasteiger partial charge in [-0.3, -0.25) is 57.7 Å². The van der Waals surface area contributed by atoms with Crippen LogP contribution < -0.4 is 70.6 Å². The molecule has 0 aliphatic carbocycles. The van der Waals surface area contributed by atoms with Gasteiger partial charge >= 0.3 is 0 Å². The molecule has 0 radical (unpaired) electrons. The number of nitrogens with zero attached hydrogens (tertiary/aromatic N) is 2. The van der Waals surface area contributed by atoms with Gasteiger partial charge in [0.1, 0.15) is 48.0 Å². The first-order chi connectivity index (χ1) is 38.1. The topological polar surface area (TPSA) is 427 Å². The van der Waals surface area contributed by atoms with Crippen LogP contribution in [0.15, 0.2) is 59.6 Å². The summed E-state index contributed by atoms with van der Waals surface area (Å²) in [7, 11) is 2.39. The molecular formula is C52H76N14O12S2. The molecule has 2 aromatic rings. The van der Waals surface area contributed by atoms with Gasteiger partial charge in [-0.05, 0) is 75.1 Å². The Kier molecular flexibility index (Phi) is 26.3. The summed E-state index contributed by atoms with van der Waals surface area (Å²) >= 11 is 0. The maximum Gasteiger partial charge on any atom is 0.246 e. The molecule has 2 heterocycles. The van der Waals surface area contributed by atoms with Crippen LogP contribution in [0.1, 0.15) is 96.1 Å². The van der Waals surface area contributed by atoms with E-state index < -0.39 is 138 Å². The van der Waals surface area contributed by atoms with E-state index in [-0.39, 0.29) is 63.3 Å². The number of nitrogens with two attached hydrogens (primary N) is 5. The highest BCUT2D eigenvalue weighted by Crippen LogP contribution is 2.44. The van der Waals surface area contributed by atoms with Crippen LogP contribution in [0.2, 0.25) is 0 Å². The molecule has 0 bridgehead atoms. The van der Waals surface area contributed by atoms with Crippen LogP contribution in [0.5, 0.6) is 5.75 Å². The number of benzene rings is 2. The second-order valence-corrected chi connectivity index (χ2v) is 22.1.